The molecule has 0 unspecified atom stereocenters. The van der Waals surface area contributed by atoms with Gasteiger partial charge in [-0.2, -0.15) is 5.26 Å². The Kier molecular flexibility index (Phi) is 5.73. The number of para-hydroxylation sites is 1. The van der Waals surface area contributed by atoms with Crippen LogP contribution in [0.25, 0.3) is 0 Å². The third-order valence-electron chi connectivity index (χ3n) is 4.13. The highest BCUT2D eigenvalue weighted by molar-refractivity contribution is 6.31. The third-order valence-corrected chi connectivity index (χ3v) is 4.37. The van der Waals surface area contributed by atoms with Gasteiger partial charge in [0.2, 0.25) is 0 Å². The van der Waals surface area contributed by atoms with E-state index in [1.807, 2.05) is 19.1 Å². The van der Waals surface area contributed by atoms with Gasteiger partial charge in [-0.25, -0.2) is 0 Å². The minimum atomic E-state index is -0.406. The smallest absolute Gasteiger partial charge is 0.255 e. The van der Waals surface area contributed by atoms with Gasteiger partial charge in [-0.3, -0.25) is 9.59 Å². The zero-order chi connectivity index (χ0) is 20.1. The van der Waals surface area contributed by atoms with Crippen molar-refractivity contribution in [3.8, 4) is 6.07 Å². The standard InChI is InChI=1S/C22H16ClN3O2/c1-14-9-10-18(23)12-20(14)26-22(28)16-7-4-6-15(11-16)21(27)25-19-8-3-2-5-17(19)13-24/h2-12H,1H3,(H,25,27)(H,26,28). The highest BCUT2D eigenvalue weighted by atomic mass is 35.5. The Bertz CT molecular complexity index is 1100. The maximum atomic E-state index is 12.6. The van der Waals surface area contributed by atoms with Crippen molar-refractivity contribution < 1.29 is 9.59 Å². The van der Waals surface area contributed by atoms with Crippen molar-refractivity contribution in [3.05, 3.63) is 94.0 Å². The summed E-state index contributed by atoms with van der Waals surface area (Å²) in [6.07, 6.45) is 0. The average Bonchev–Trinajstić information content (AvgIpc) is 2.71. The fourth-order valence-corrected chi connectivity index (χ4v) is 2.78. The van der Waals surface area contributed by atoms with Crippen LogP contribution in [0.4, 0.5) is 11.4 Å². The average molecular weight is 390 g/mol. The molecule has 2 N–H and O–H groups in total. The fraction of sp³-hybridized carbons (Fsp3) is 0.0455. The molecule has 3 rings (SSSR count). The van der Waals surface area contributed by atoms with Crippen molar-refractivity contribution in [2.45, 2.75) is 6.92 Å². The number of carbonyl (C=O) groups excluding carboxylic acids is 2. The van der Waals surface area contributed by atoms with Crippen LogP contribution < -0.4 is 10.6 Å². The number of halogens is 1. The number of hydrogen-bond donors (Lipinski definition) is 2. The molecule has 0 bridgehead atoms. The van der Waals surface area contributed by atoms with E-state index in [0.29, 0.717) is 33.1 Å². The summed E-state index contributed by atoms with van der Waals surface area (Å²) >= 11 is 5.99. The molecule has 3 aromatic carbocycles. The van der Waals surface area contributed by atoms with Gasteiger partial charge < -0.3 is 10.6 Å². The Labute approximate surface area is 167 Å². The molecule has 0 aliphatic rings. The molecule has 5 nitrogen and oxygen atoms in total. The van der Waals surface area contributed by atoms with Gasteiger partial charge in [-0.15, -0.1) is 0 Å². The zero-order valence-electron chi connectivity index (χ0n) is 15.0. The van der Waals surface area contributed by atoms with Crippen molar-refractivity contribution in [2.24, 2.45) is 0 Å². The van der Waals surface area contributed by atoms with Gasteiger partial charge in [0.05, 0.1) is 11.3 Å². The van der Waals surface area contributed by atoms with E-state index in [2.05, 4.69) is 10.6 Å². The number of nitrogens with zero attached hydrogens (tertiary/aromatic N) is 1. The first-order valence-corrected chi connectivity index (χ1v) is 8.84. The number of hydrogen-bond acceptors (Lipinski definition) is 3. The molecule has 0 radical (unpaired) electrons. The molecular weight excluding hydrogens is 374 g/mol. The molecule has 138 valence electrons. The van der Waals surface area contributed by atoms with Crippen LogP contribution in [0.2, 0.25) is 5.02 Å². The van der Waals surface area contributed by atoms with Crippen LogP contribution in [0.1, 0.15) is 31.8 Å². The summed E-state index contributed by atoms with van der Waals surface area (Å²) in [4.78, 5) is 25.1. The predicted octanol–water partition coefficient (Wildman–Crippen LogP) is 5.02. The molecule has 0 saturated carbocycles. The van der Waals surface area contributed by atoms with Crippen molar-refractivity contribution in [2.75, 3.05) is 10.6 Å². The van der Waals surface area contributed by atoms with Crippen LogP contribution in [0.15, 0.2) is 66.7 Å². The lowest BCUT2D eigenvalue weighted by atomic mass is 10.1. The van der Waals surface area contributed by atoms with Gasteiger partial charge in [0.15, 0.2) is 0 Å². The molecule has 0 aliphatic carbocycles. The minimum absolute atomic E-state index is 0.309. The molecule has 0 heterocycles. The van der Waals surface area contributed by atoms with E-state index < -0.39 is 5.91 Å². The number of benzene rings is 3. The Morgan fingerprint density at radius 3 is 2.18 bits per heavy atom. The summed E-state index contributed by atoms with van der Waals surface area (Å²) in [6, 6.07) is 20.3. The summed E-state index contributed by atoms with van der Waals surface area (Å²) in [5, 5.41) is 15.2. The maximum absolute atomic E-state index is 12.6. The number of nitrogens with one attached hydrogen (secondary N) is 2. The van der Waals surface area contributed by atoms with Gasteiger partial charge >= 0.3 is 0 Å². The van der Waals surface area contributed by atoms with E-state index in [-0.39, 0.29) is 5.91 Å². The van der Waals surface area contributed by atoms with E-state index in [1.165, 1.54) is 6.07 Å². The molecule has 0 aliphatic heterocycles. The van der Waals surface area contributed by atoms with Gasteiger partial charge in [-0.1, -0.05) is 35.9 Å². The lowest BCUT2D eigenvalue weighted by Crippen LogP contribution is -2.16. The van der Waals surface area contributed by atoms with Crippen LogP contribution >= 0.6 is 11.6 Å². The van der Waals surface area contributed by atoms with Crippen molar-refractivity contribution in [1.29, 1.82) is 5.26 Å². The molecule has 3 aromatic rings. The van der Waals surface area contributed by atoms with Gasteiger partial charge in [0, 0.05) is 21.8 Å². The van der Waals surface area contributed by atoms with Crippen LogP contribution in [0.3, 0.4) is 0 Å². The van der Waals surface area contributed by atoms with Crippen molar-refractivity contribution in [1.82, 2.24) is 0 Å². The first-order chi connectivity index (χ1) is 13.5. The molecule has 0 spiro atoms. The quantitative estimate of drug-likeness (QED) is 0.656. The van der Waals surface area contributed by atoms with Crippen LogP contribution in [-0.2, 0) is 0 Å². The molecule has 28 heavy (non-hydrogen) atoms. The number of amides is 2. The molecule has 2 amide bonds. The van der Waals surface area contributed by atoms with Crippen molar-refractivity contribution >= 4 is 34.8 Å². The molecule has 0 aromatic heterocycles. The molecule has 6 heteroatoms. The Morgan fingerprint density at radius 1 is 0.857 bits per heavy atom. The fourth-order valence-electron chi connectivity index (χ4n) is 2.61. The van der Waals surface area contributed by atoms with Gasteiger partial charge in [-0.05, 0) is 55.0 Å². The van der Waals surface area contributed by atoms with Crippen molar-refractivity contribution in [3.63, 3.8) is 0 Å². The second-order valence-corrected chi connectivity index (χ2v) is 6.54. The highest BCUT2D eigenvalue weighted by Crippen LogP contribution is 2.21. The summed E-state index contributed by atoms with van der Waals surface area (Å²) in [6.45, 7) is 1.86. The topological polar surface area (TPSA) is 82.0 Å². The van der Waals surface area contributed by atoms with E-state index >= 15 is 0 Å². The number of nitriles is 1. The third kappa shape index (κ3) is 4.37. The normalized spacial score (nSPS) is 10.0. The summed E-state index contributed by atoms with van der Waals surface area (Å²) < 4.78 is 0. The first-order valence-electron chi connectivity index (χ1n) is 8.46. The maximum Gasteiger partial charge on any atom is 0.255 e. The predicted molar refractivity (Wildman–Crippen MR) is 110 cm³/mol. The molecule has 0 saturated heterocycles. The van der Waals surface area contributed by atoms with E-state index in [0.717, 1.165) is 5.56 Å². The minimum Gasteiger partial charge on any atom is -0.322 e. The monoisotopic (exact) mass is 389 g/mol. The second kappa shape index (κ2) is 8.38. The zero-order valence-corrected chi connectivity index (χ0v) is 15.7. The lowest BCUT2D eigenvalue weighted by molar-refractivity contribution is 0.102. The van der Waals surface area contributed by atoms with Crippen LogP contribution in [-0.4, -0.2) is 11.8 Å². The van der Waals surface area contributed by atoms with Gasteiger partial charge in [0.1, 0.15) is 6.07 Å². The Morgan fingerprint density at radius 2 is 1.50 bits per heavy atom. The molecule has 0 fully saturated rings. The number of rotatable bonds is 4. The number of aryl methyl sites for hydroxylation is 1. The van der Waals surface area contributed by atoms with E-state index in [4.69, 9.17) is 16.9 Å². The second-order valence-electron chi connectivity index (χ2n) is 6.11. The Hall–Kier alpha value is -3.62. The summed E-state index contributed by atoms with van der Waals surface area (Å²) in [5.41, 5.74) is 2.90. The SMILES string of the molecule is Cc1ccc(Cl)cc1NC(=O)c1cccc(C(=O)Nc2ccccc2C#N)c1. The Balaban J connectivity index is 1.80. The lowest BCUT2D eigenvalue weighted by Gasteiger charge is -2.10. The van der Waals surface area contributed by atoms with E-state index in [1.54, 1.807) is 54.6 Å². The summed E-state index contributed by atoms with van der Waals surface area (Å²) in [7, 11) is 0. The number of anilines is 2. The molecule has 0 atom stereocenters. The van der Waals surface area contributed by atoms with Gasteiger partial charge in [0.25, 0.3) is 11.8 Å². The first kappa shape index (κ1) is 19.2. The van der Waals surface area contributed by atoms with Crippen LogP contribution in [0, 0.1) is 18.3 Å². The van der Waals surface area contributed by atoms with E-state index in [9.17, 15) is 9.59 Å². The summed E-state index contributed by atoms with van der Waals surface area (Å²) in [5.74, 6) is -0.756. The molecular formula is C22H16ClN3O2. The van der Waals surface area contributed by atoms with Crippen LogP contribution in [0.5, 0.6) is 0 Å². The largest absolute Gasteiger partial charge is 0.322 e. The number of carbonyl (C=O) groups is 2. The highest BCUT2D eigenvalue weighted by Gasteiger charge is 2.13.